The summed E-state index contributed by atoms with van der Waals surface area (Å²) in [5, 5.41) is 0. The second kappa shape index (κ2) is 10.5. The van der Waals surface area contributed by atoms with Crippen LogP contribution in [-0.2, 0) is 26.3 Å². The van der Waals surface area contributed by atoms with Crippen LogP contribution < -0.4 is 4.74 Å². The van der Waals surface area contributed by atoms with Gasteiger partial charge in [-0.3, -0.25) is 0 Å². The van der Waals surface area contributed by atoms with Crippen LogP contribution in [0.5, 0.6) is 5.75 Å². The third-order valence-corrected chi connectivity index (χ3v) is 7.47. The van der Waals surface area contributed by atoms with E-state index in [1.165, 1.54) is 0 Å². The van der Waals surface area contributed by atoms with Crippen LogP contribution in [0.4, 0.5) is 0 Å². The van der Waals surface area contributed by atoms with E-state index in [9.17, 15) is 4.79 Å². The van der Waals surface area contributed by atoms with Gasteiger partial charge in [-0.25, -0.2) is 9.78 Å². The minimum Gasteiger partial charge on any atom is -0.482 e. The van der Waals surface area contributed by atoms with E-state index in [0.717, 1.165) is 53.8 Å². The Labute approximate surface area is 222 Å². The van der Waals surface area contributed by atoms with Crippen LogP contribution >= 0.6 is 0 Å². The minimum absolute atomic E-state index is 0.101. The predicted molar refractivity (Wildman–Crippen MR) is 144 cm³/mol. The highest BCUT2D eigenvalue weighted by Crippen LogP contribution is 2.59. The molecule has 2 aliphatic rings. The quantitative estimate of drug-likeness (QED) is 0.187. The molecule has 0 amide bonds. The maximum absolute atomic E-state index is 11.7. The summed E-state index contributed by atoms with van der Waals surface area (Å²) in [6.07, 6.45) is 4.04. The first-order valence-electron chi connectivity index (χ1n) is 13.3. The third kappa shape index (κ3) is 4.72. The molecule has 6 nitrogen and oxygen atoms in total. The first-order chi connectivity index (χ1) is 18.7. The molecule has 3 aromatic carbocycles. The summed E-state index contributed by atoms with van der Waals surface area (Å²) in [6.45, 7) is 2.02. The number of oxazole rings is 1. The molecular weight excluding hydrogens is 478 g/mol. The monoisotopic (exact) mass is 509 g/mol. The van der Waals surface area contributed by atoms with Crippen molar-refractivity contribution in [3.05, 3.63) is 96.4 Å². The molecule has 6 rings (SSSR count). The first kappa shape index (κ1) is 24.4. The number of carbonyl (C=O) groups excluding carboxylic acids is 1. The molecule has 0 bridgehead atoms. The molecule has 0 spiro atoms. The molecule has 194 valence electrons. The minimum atomic E-state index is -0.531. The zero-order valence-electron chi connectivity index (χ0n) is 21.5. The van der Waals surface area contributed by atoms with Crippen molar-refractivity contribution in [2.45, 2.75) is 44.3 Å². The van der Waals surface area contributed by atoms with Gasteiger partial charge in [0.25, 0.3) is 0 Å². The lowest BCUT2D eigenvalue weighted by atomic mass is 9.75. The number of esters is 1. The van der Waals surface area contributed by atoms with Crippen LogP contribution in [0.15, 0.2) is 89.3 Å². The summed E-state index contributed by atoms with van der Waals surface area (Å²) < 4.78 is 23.7. The number of benzene rings is 3. The molecule has 4 aromatic rings. The molecule has 1 aromatic heterocycles. The average Bonchev–Trinajstić information content (AvgIpc) is 3.55. The Morgan fingerprint density at radius 2 is 1.74 bits per heavy atom. The SMILES string of the molecule is CCOC(=O)COc1cccc(C[C@@H]2CCC[C@@H]3O[C@@]23c2nc(-c3ccccc3)c(-c3ccccc3)o2)c1. The van der Waals surface area contributed by atoms with Crippen molar-refractivity contribution < 1.29 is 23.4 Å². The van der Waals surface area contributed by atoms with E-state index in [1.54, 1.807) is 6.92 Å². The number of aromatic nitrogens is 1. The fraction of sp³-hybridized carbons (Fsp3) is 0.312. The molecule has 0 N–H and O–H groups in total. The summed E-state index contributed by atoms with van der Waals surface area (Å²) in [4.78, 5) is 16.8. The number of rotatable bonds is 9. The molecule has 38 heavy (non-hydrogen) atoms. The molecule has 1 aliphatic heterocycles. The Morgan fingerprint density at radius 1 is 0.974 bits per heavy atom. The van der Waals surface area contributed by atoms with Gasteiger partial charge < -0.3 is 18.6 Å². The first-order valence-corrected chi connectivity index (χ1v) is 13.3. The van der Waals surface area contributed by atoms with Crippen LogP contribution in [0.2, 0.25) is 0 Å². The zero-order valence-corrected chi connectivity index (χ0v) is 21.5. The maximum atomic E-state index is 11.7. The van der Waals surface area contributed by atoms with Crippen LogP contribution in [0.25, 0.3) is 22.6 Å². The molecule has 2 heterocycles. The van der Waals surface area contributed by atoms with Gasteiger partial charge in [0.05, 0.1) is 12.7 Å². The van der Waals surface area contributed by atoms with Gasteiger partial charge in [-0.1, -0.05) is 79.2 Å². The van der Waals surface area contributed by atoms with Gasteiger partial charge in [0.1, 0.15) is 11.4 Å². The van der Waals surface area contributed by atoms with E-state index in [-0.39, 0.29) is 24.6 Å². The van der Waals surface area contributed by atoms with Crippen molar-refractivity contribution in [3.63, 3.8) is 0 Å². The Hall–Kier alpha value is -3.90. The van der Waals surface area contributed by atoms with Crippen LogP contribution in [0.3, 0.4) is 0 Å². The lowest BCUT2D eigenvalue weighted by molar-refractivity contribution is -0.145. The summed E-state index contributed by atoms with van der Waals surface area (Å²) >= 11 is 0. The van der Waals surface area contributed by atoms with Crippen molar-refractivity contribution in [1.29, 1.82) is 0 Å². The van der Waals surface area contributed by atoms with Crippen molar-refractivity contribution in [2.75, 3.05) is 13.2 Å². The Morgan fingerprint density at radius 3 is 2.50 bits per heavy atom. The van der Waals surface area contributed by atoms with Gasteiger partial charge in [-0.05, 0) is 43.9 Å². The van der Waals surface area contributed by atoms with Crippen molar-refractivity contribution >= 4 is 5.97 Å². The van der Waals surface area contributed by atoms with Crippen molar-refractivity contribution in [2.24, 2.45) is 5.92 Å². The van der Waals surface area contributed by atoms with E-state index < -0.39 is 5.60 Å². The largest absolute Gasteiger partial charge is 0.482 e. The maximum Gasteiger partial charge on any atom is 0.344 e. The van der Waals surface area contributed by atoms with Crippen LogP contribution in [0.1, 0.15) is 37.6 Å². The highest BCUT2D eigenvalue weighted by molar-refractivity contribution is 5.77. The third-order valence-electron chi connectivity index (χ3n) is 7.47. The molecule has 0 unspecified atom stereocenters. The molecular formula is C32H31NO5. The fourth-order valence-corrected chi connectivity index (χ4v) is 5.67. The van der Waals surface area contributed by atoms with Gasteiger partial charge in [0, 0.05) is 17.0 Å². The van der Waals surface area contributed by atoms with Gasteiger partial charge in [0.15, 0.2) is 18.0 Å². The van der Waals surface area contributed by atoms with Crippen LogP contribution in [0, 0.1) is 5.92 Å². The van der Waals surface area contributed by atoms with E-state index in [2.05, 4.69) is 30.3 Å². The van der Waals surface area contributed by atoms with Gasteiger partial charge in [0.2, 0.25) is 5.89 Å². The number of hydrogen-bond acceptors (Lipinski definition) is 6. The number of ether oxygens (including phenoxy) is 3. The van der Waals surface area contributed by atoms with E-state index in [0.29, 0.717) is 18.2 Å². The Kier molecular flexibility index (Phi) is 6.73. The molecule has 1 saturated heterocycles. The zero-order chi connectivity index (χ0) is 26.0. The molecule has 6 heteroatoms. The molecule has 2 fully saturated rings. The molecule has 0 radical (unpaired) electrons. The van der Waals surface area contributed by atoms with Gasteiger partial charge in [-0.15, -0.1) is 0 Å². The van der Waals surface area contributed by atoms with E-state index in [4.69, 9.17) is 23.6 Å². The molecule has 1 saturated carbocycles. The lowest BCUT2D eigenvalue weighted by Crippen LogP contribution is -2.30. The fourth-order valence-electron chi connectivity index (χ4n) is 5.67. The van der Waals surface area contributed by atoms with Crippen molar-refractivity contribution in [3.8, 4) is 28.3 Å². The second-order valence-corrected chi connectivity index (χ2v) is 9.90. The highest BCUT2D eigenvalue weighted by atomic mass is 16.6. The number of hydrogen-bond donors (Lipinski definition) is 0. The van der Waals surface area contributed by atoms with E-state index >= 15 is 0 Å². The molecule has 1 aliphatic carbocycles. The second-order valence-electron chi connectivity index (χ2n) is 9.90. The average molecular weight is 510 g/mol. The standard InChI is InChI=1S/C32H31NO5/c1-2-35-28(34)21-36-26-17-9-11-22(20-26)19-25-16-10-18-27-32(25,38-27)31-33-29(23-12-5-3-6-13-23)30(37-31)24-14-7-4-8-15-24/h3-9,11-15,17,20,25,27H,2,10,16,18-19,21H2,1H3/t25-,27-,32-/m0/s1. The highest BCUT2D eigenvalue weighted by Gasteiger charge is 2.67. The molecule has 3 atom stereocenters. The normalized spacial score (nSPS) is 21.9. The van der Waals surface area contributed by atoms with Gasteiger partial charge in [-0.2, -0.15) is 0 Å². The Balaban J connectivity index is 1.30. The predicted octanol–water partition coefficient (Wildman–Crippen LogP) is 6.59. The Bertz CT molecular complexity index is 1340. The number of fused-ring (bicyclic) bond motifs is 1. The topological polar surface area (TPSA) is 74.1 Å². The van der Waals surface area contributed by atoms with E-state index in [1.807, 2.05) is 54.6 Å². The van der Waals surface area contributed by atoms with Crippen LogP contribution in [-0.4, -0.2) is 30.3 Å². The lowest BCUT2D eigenvalue weighted by Gasteiger charge is -2.26. The summed E-state index contributed by atoms with van der Waals surface area (Å²) in [5.74, 6) is 1.94. The summed E-state index contributed by atoms with van der Waals surface area (Å²) in [5.41, 5.74) is 3.46. The number of nitrogens with zero attached hydrogens (tertiary/aromatic N) is 1. The summed E-state index contributed by atoms with van der Waals surface area (Å²) in [6, 6.07) is 28.2. The number of epoxide rings is 1. The van der Waals surface area contributed by atoms with Gasteiger partial charge >= 0.3 is 5.97 Å². The van der Waals surface area contributed by atoms with Crippen molar-refractivity contribution in [1.82, 2.24) is 4.98 Å². The summed E-state index contributed by atoms with van der Waals surface area (Å²) in [7, 11) is 0. The number of carbonyl (C=O) groups is 1. The smallest absolute Gasteiger partial charge is 0.344 e.